The van der Waals surface area contributed by atoms with Gasteiger partial charge in [0.1, 0.15) is 0 Å². The normalized spacial score (nSPS) is 9.68. The molecular formula is C15H14N2O2. The lowest BCUT2D eigenvalue weighted by Crippen LogP contribution is -2.18. The van der Waals surface area contributed by atoms with Crippen LogP contribution in [-0.4, -0.2) is 6.67 Å². The molecule has 0 heterocycles. The summed E-state index contributed by atoms with van der Waals surface area (Å²) in [5, 5.41) is 5.91. The lowest BCUT2D eigenvalue weighted by atomic mass is 10.4. The Bertz CT molecular complexity index is 613. The third kappa shape index (κ3) is 3.67. The number of rotatable bonds is 4. The second-order valence-electron chi connectivity index (χ2n) is 3.91. The Morgan fingerprint density at radius 2 is 1.05 bits per heavy atom. The van der Waals surface area contributed by atoms with Gasteiger partial charge in [-0.3, -0.25) is 9.59 Å². The molecular weight excluding hydrogens is 240 g/mol. The van der Waals surface area contributed by atoms with Gasteiger partial charge in [-0.1, -0.05) is 36.4 Å². The highest BCUT2D eigenvalue weighted by atomic mass is 16.1. The first-order chi connectivity index (χ1) is 9.27. The summed E-state index contributed by atoms with van der Waals surface area (Å²) in [6.07, 6.45) is 0. The molecule has 4 nitrogen and oxygen atoms in total. The Labute approximate surface area is 110 Å². The van der Waals surface area contributed by atoms with Crippen LogP contribution in [0.1, 0.15) is 0 Å². The maximum Gasteiger partial charge on any atom is 0.201 e. The zero-order chi connectivity index (χ0) is 13.5. The monoisotopic (exact) mass is 254 g/mol. The zero-order valence-corrected chi connectivity index (χ0v) is 10.3. The Balaban J connectivity index is 2.06. The SMILES string of the molecule is O=c1cccccc1NCNc1cccccc1=O. The fourth-order valence-electron chi connectivity index (χ4n) is 1.59. The lowest BCUT2D eigenvalue weighted by Gasteiger charge is -2.06. The summed E-state index contributed by atoms with van der Waals surface area (Å²) in [5.74, 6) is 0. The fourth-order valence-corrected chi connectivity index (χ4v) is 1.59. The number of hydrogen-bond donors (Lipinski definition) is 2. The summed E-state index contributed by atoms with van der Waals surface area (Å²) in [4.78, 5) is 23.3. The smallest absolute Gasteiger partial charge is 0.201 e. The highest BCUT2D eigenvalue weighted by molar-refractivity contribution is 5.46. The third-order valence-corrected chi connectivity index (χ3v) is 2.55. The predicted octanol–water partition coefficient (Wildman–Crippen LogP) is 1.89. The van der Waals surface area contributed by atoms with Crippen LogP contribution < -0.4 is 21.5 Å². The summed E-state index contributed by atoms with van der Waals surface area (Å²) in [6.45, 7) is 0.304. The van der Waals surface area contributed by atoms with Crippen molar-refractivity contribution in [2.45, 2.75) is 0 Å². The summed E-state index contributed by atoms with van der Waals surface area (Å²) >= 11 is 0. The minimum absolute atomic E-state index is 0.0900. The molecule has 0 bridgehead atoms. The van der Waals surface area contributed by atoms with Crippen LogP contribution in [0.4, 0.5) is 11.4 Å². The summed E-state index contributed by atoms with van der Waals surface area (Å²) in [7, 11) is 0. The molecule has 0 saturated carbocycles. The van der Waals surface area contributed by atoms with Crippen LogP contribution in [0.3, 0.4) is 0 Å². The molecule has 0 aliphatic rings. The van der Waals surface area contributed by atoms with E-state index in [2.05, 4.69) is 10.6 Å². The Kier molecular flexibility index (Phi) is 4.29. The van der Waals surface area contributed by atoms with Crippen molar-refractivity contribution in [1.29, 1.82) is 0 Å². The molecule has 0 fully saturated rings. The van der Waals surface area contributed by atoms with Gasteiger partial charge in [0, 0.05) is 0 Å². The summed E-state index contributed by atoms with van der Waals surface area (Å²) < 4.78 is 0. The Morgan fingerprint density at radius 3 is 1.53 bits per heavy atom. The van der Waals surface area contributed by atoms with E-state index in [4.69, 9.17) is 0 Å². The van der Waals surface area contributed by atoms with Crippen molar-refractivity contribution in [2.24, 2.45) is 0 Å². The van der Waals surface area contributed by atoms with Crippen molar-refractivity contribution in [1.82, 2.24) is 0 Å². The van der Waals surface area contributed by atoms with Gasteiger partial charge >= 0.3 is 0 Å². The van der Waals surface area contributed by atoms with Gasteiger partial charge in [0.05, 0.1) is 18.0 Å². The van der Waals surface area contributed by atoms with Crippen LogP contribution in [0.5, 0.6) is 0 Å². The minimum atomic E-state index is -0.0900. The van der Waals surface area contributed by atoms with E-state index in [9.17, 15) is 9.59 Å². The molecule has 0 amide bonds. The molecule has 4 heteroatoms. The topological polar surface area (TPSA) is 58.2 Å². The molecule has 2 aromatic carbocycles. The molecule has 2 rings (SSSR count). The van der Waals surface area contributed by atoms with E-state index in [1.165, 1.54) is 12.1 Å². The first kappa shape index (κ1) is 12.8. The van der Waals surface area contributed by atoms with Gasteiger partial charge in [-0.15, -0.1) is 0 Å². The zero-order valence-electron chi connectivity index (χ0n) is 10.3. The van der Waals surface area contributed by atoms with Crippen molar-refractivity contribution >= 4 is 11.4 Å². The third-order valence-electron chi connectivity index (χ3n) is 2.55. The molecule has 0 aliphatic heterocycles. The van der Waals surface area contributed by atoms with E-state index in [-0.39, 0.29) is 10.9 Å². The first-order valence-corrected chi connectivity index (χ1v) is 5.94. The highest BCUT2D eigenvalue weighted by Gasteiger charge is 1.96. The van der Waals surface area contributed by atoms with Gasteiger partial charge in [0.25, 0.3) is 0 Å². The molecule has 2 aromatic rings. The first-order valence-electron chi connectivity index (χ1n) is 5.94. The molecule has 0 spiro atoms. The van der Waals surface area contributed by atoms with Crippen molar-refractivity contribution in [2.75, 3.05) is 17.3 Å². The summed E-state index contributed by atoms with van der Waals surface area (Å²) in [6, 6.07) is 16.9. The van der Waals surface area contributed by atoms with Gasteiger partial charge in [0.2, 0.25) is 10.9 Å². The average Bonchev–Trinajstić information content (AvgIpc) is 2.72. The fraction of sp³-hybridized carbons (Fsp3) is 0.0667. The van der Waals surface area contributed by atoms with E-state index in [0.29, 0.717) is 18.0 Å². The molecule has 2 N–H and O–H groups in total. The molecule has 0 saturated heterocycles. The van der Waals surface area contributed by atoms with Crippen LogP contribution >= 0.6 is 0 Å². The average molecular weight is 254 g/mol. The van der Waals surface area contributed by atoms with E-state index < -0.39 is 0 Å². The maximum absolute atomic E-state index is 11.6. The Morgan fingerprint density at radius 1 is 0.632 bits per heavy atom. The van der Waals surface area contributed by atoms with E-state index in [0.717, 1.165) is 0 Å². The maximum atomic E-state index is 11.6. The highest BCUT2D eigenvalue weighted by Crippen LogP contribution is 1.99. The van der Waals surface area contributed by atoms with E-state index in [1.807, 2.05) is 0 Å². The quantitative estimate of drug-likeness (QED) is 0.818. The van der Waals surface area contributed by atoms with Gasteiger partial charge in [-0.2, -0.15) is 0 Å². The second kappa shape index (κ2) is 6.35. The number of anilines is 2. The van der Waals surface area contributed by atoms with E-state index in [1.54, 1.807) is 48.5 Å². The molecule has 0 aliphatic carbocycles. The largest absolute Gasteiger partial charge is 0.365 e. The van der Waals surface area contributed by atoms with Crippen LogP contribution in [-0.2, 0) is 0 Å². The van der Waals surface area contributed by atoms with Crippen molar-refractivity contribution in [3.8, 4) is 0 Å². The predicted molar refractivity (Wildman–Crippen MR) is 77.5 cm³/mol. The van der Waals surface area contributed by atoms with Crippen LogP contribution in [0.25, 0.3) is 0 Å². The molecule has 96 valence electrons. The van der Waals surface area contributed by atoms with Crippen molar-refractivity contribution < 1.29 is 0 Å². The lowest BCUT2D eigenvalue weighted by molar-refractivity contribution is 1.21. The molecule has 19 heavy (non-hydrogen) atoms. The van der Waals surface area contributed by atoms with Crippen LogP contribution in [0.2, 0.25) is 0 Å². The minimum Gasteiger partial charge on any atom is -0.365 e. The van der Waals surface area contributed by atoms with Gasteiger partial charge in [-0.05, 0) is 24.3 Å². The number of nitrogens with one attached hydrogen (secondary N) is 2. The van der Waals surface area contributed by atoms with Gasteiger partial charge in [-0.25, -0.2) is 0 Å². The molecule has 0 radical (unpaired) electrons. The molecule has 0 atom stereocenters. The van der Waals surface area contributed by atoms with Crippen LogP contribution in [0.15, 0.2) is 70.3 Å². The van der Waals surface area contributed by atoms with E-state index >= 15 is 0 Å². The molecule has 0 aromatic heterocycles. The van der Waals surface area contributed by atoms with Crippen molar-refractivity contribution in [3.63, 3.8) is 0 Å². The second-order valence-corrected chi connectivity index (χ2v) is 3.91. The van der Waals surface area contributed by atoms with Crippen molar-refractivity contribution in [3.05, 3.63) is 81.1 Å². The van der Waals surface area contributed by atoms with Gasteiger partial charge < -0.3 is 10.6 Å². The van der Waals surface area contributed by atoms with Gasteiger partial charge in [0.15, 0.2) is 0 Å². The Hall–Kier alpha value is -2.62. The summed E-state index contributed by atoms with van der Waals surface area (Å²) in [5.41, 5.74) is 0.802. The standard InChI is InChI=1S/C15H14N2O2/c18-14-9-5-1-3-7-12(14)16-11-17-13-8-4-2-6-10-15(13)19/h1-10H,11H2,(H,16,18)(H,17,19). The number of hydrogen-bond acceptors (Lipinski definition) is 4. The van der Waals surface area contributed by atoms with Crippen LogP contribution in [0, 0.1) is 0 Å². The molecule has 0 unspecified atom stereocenters.